The number of rotatable bonds is 18. The molecule has 4 rings (SSSR count). The Labute approximate surface area is 321 Å². The number of carbonyl (C=O) groups is 3. The lowest BCUT2D eigenvalue weighted by Crippen LogP contribution is -2.49. The standard InChI is InChI=1S/C42H62N6O6/c1-28(2)25-41(7,8)44-39(52)40(5,6)22-24-54-42(9,10)21-23-43-34(49)19-20-35(50)47-26-30-15-11-12-16-31(30)38-37(32-17-13-14-18-33(32)47)45-46-48(38)36(51)27-53-29(3)4/h11-18,28-29,36,51H,19-27H2,1-10H3,(H,43,49)(H,44,52). The molecule has 1 aliphatic rings. The van der Waals surface area contributed by atoms with E-state index >= 15 is 0 Å². The largest absolute Gasteiger partial charge is 0.375 e. The highest BCUT2D eigenvalue weighted by molar-refractivity contribution is 6.01. The Balaban J connectivity index is 1.35. The van der Waals surface area contributed by atoms with E-state index in [2.05, 4.69) is 48.6 Å². The number of aromatic nitrogens is 3. The molecule has 0 aliphatic carbocycles. The SMILES string of the molecule is CC(C)CC(C)(C)NC(=O)C(C)(C)CCOC(C)(C)CCNC(=O)CCC(=O)N1Cc2ccccc2-c2c(nnn2C(O)COC(C)C)-c2ccccc21. The molecule has 3 amide bonds. The predicted octanol–water partition coefficient (Wildman–Crippen LogP) is 6.81. The molecule has 0 saturated carbocycles. The molecule has 0 bridgehead atoms. The Morgan fingerprint density at radius 3 is 2.26 bits per heavy atom. The highest BCUT2D eigenvalue weighted by atomic mass is 16.5. The van der Waals surface area contributed by atoms with Crippen LogP contribution in [0.2, 0.25) is 0 Å². The first kappa shape index (κ1) is 42.6. The molecule has 2 heterocycles. The van der Waals surface area contributed by atoms with Crippen LogP contribution in [0, 0.1) is 11.3 Å². The van der Waals surface area contributed by atoms with Crippen molar-refractivity contribution < 1.29 is 29.0 Å². The molecule has 2 aromatic carbocycles. The van der Waals surface area contributed by atoms with Crippen molar-refractivity contribution in [3.05, 3.63) is 54.1 Å². The molecule has 0 spiro atoms. The third kappa shape index (κ3) is 11.4. The van der Waals surface area contributed by atoms with Crippen LogP contribution >= 0.6 is 0 Å². The van der Waals surface area contributed by atoms with Crippen molar-refractivity contribution >= 4 is 23.4 Å². The zero-order valence-electron chi connectivity index (χ0n) is 34.0. The molecule has 0 fully saturated rings. The normalized spacial score (nSPS) is 13.8. The van der Waals surface area contributed by atoms with Crippen molar-refractivity contribution in [1.29, 1.82) is 0 Å². The second-order valence-corrected chi connectivity index (χ2v) is 17.0. The van der Waals surface area contributed by atoms with Crippen LogP contribution in [0.5, 0.6) is 0 Å². The Bertz CT molecular complexity index is 1750. The molecule has 296 valence electrons. The number of nitrogens with zero attached hydrogens (tertiary/aromatic N) is 4. The van der Waals surface area contributed by atoms with Gasteiger partial charge in [-0.3, -0.25) is 14.4 Å². The fourth-order valence-electron chi connectivity index (χ4n) is 6.82. The van der Waals surface area contributed by atoms with E-state index in [4.69, 9.17) is 9.47 Å². The Morgan fingerprint density at radius 2 is 1.57 bits per heavy atom. The molecular weight excluding hydrogens is 684 g/mol. The highest BCUT2D eigenvalue weighted by Gasteiger charge is 2.34. The summed E-state index contributed by atoms with van der Waals surface area (Å²) >= 11 is 0. The minimum absolute atomic E-state index is 0.0121. The first-order chi connectivity index (χ1) is 25.3. The average molecular weight is 747 g/mol. The summed E-state index contributed by atoms with van der Waals surface area (Å²) in [6.45, 7) is 21.2. The summed E-state index contributed by atoms with van der Waals surface area (Å²) in [4.78, 5) is 41.7. The van der Waals surface area contributed by atoms with E-state index in [0.717, 1.165) is 17.5 Å². The fraction of sp³-hybridized carbons (Fsp3) is 0.595. The van der Waals surface area contributed by atoms with Crippen LogP contribution in [-0.4, -0.2) is 74.8 Å². The van der Waals surface area contributed by atoms with Crippen LogP contribution in [0.3, 0.4) is 0 Å². The van der Waals surface area contributed by atoms with Crippen molar-refractivity contribution in [3.8, 4) is 22.5 Å². The number of hydrogen-bond donors (Lipinski definition) is 3. The molecule has 0 radical (unpaired) electrons. The van der Waals surface area contributed by atoms with Crippen LogP contribution in [0.25, 0.3) is 22.5 Å². The topological polar surface area (TPSA) is 148 Å². The van der Waals surface area contributed by atoms with Gasteiger partial charge in [0.05, 0.1) is 30.5 Å². The summed E-state index contributed by atoms with van der Waals surface area (Å²) in [5.74, 6) is 0.0754. The predicted molar refractivity (Wildman–Crippen MR) is 211 cm³/mol. The lowest BCUT2D eigenvalue weighted by atomic mass is 9.85. The molecule has 12 nitrogen and oxygen atoms in total. The second-order valence-electron chi connectivity index (χ2n) is 17.0. The number of amides is 3. The van der Waals surface area contributed by atoms with E-state index in [-0.39, 0.29) is 55.4 Å². The molecular formula is C42H62N6O6. The number of aliphatic hydroxyl groups is 1. The minimum Gasteiger partial charge on any atom is -0.375 e. The van der Waals surface area contributed by atoms with Crippen molar-refractivity contribution in [1.82, 2.24) is 25.6 Å². The maximum atomic E-state index is 13.9. The van der Waals surface area contributed by atoms with Gasteiger partial charge in [0, 0.05) is 48.1 Å². The summed E-state index contributed by atoms with van der Waals surface area (Å²) in [6, 6.07) is 15.2. The molecule has 1 aromatic heterocycles. The van der Waals surface area contributed by atoms with Crippen molar-refractivity contribution in [3.63, 3.8) is 0 Å². The van der Waals surface area contributed by atoms with Crippen molar-refractivity contribution in [2.45, 2.75) is 131 Å². The van der Waals surface area contributed by atoms with Crippen LogP contribution in [0.4, 0.5) is 5.69 Å². The quantitative estimate of drug-likeness (QED) is 0.129. The van der Waals surface area contributed by atoms with Crippen LogP contribution in [-0.2, 0) is 30.4 Å². The first-order valence-electron chi connectivity index (χ1n) is 19.3. The summed E-state index contributed by atoms with van der Waals surface area (Å²) in [5, 5.41) is 26.1. The van der Waals surface area contributed by atoms with E-state index in [1.54, 1.807) is 4.90 Å². The maximum absolute atomic E-state index is 13.9. The van der Waals surface area contributed by atoms with E-state index in [1.807, 2.05) is 90.1 Å². The Morgan fingerprint density at radius 1 is 0.907 bits per heavy atom. The molecule has 3 aromatic rings. The number of fused-ring (bicyclic) bond motifs is 5. The zero-order chi connectivity index (χ0) is 39.8. The molecule has 1 unspecified atom stereocenters. The van der Waals surface area contributed by atoms with Gasteiger partial charge in [-0.1, -0.05) is 75.4 Å². The van der Waals surface area contributed by atoms with Gasteiger partial charge in [0.2, 0.25) is 17.7 Å². The summed E-state index contributed by atoms with van der Waals surface area (Å²) in [7, 11) is 0. The maximum Gasteiger partial charge on any atom is 0.227 e. The van der Waals surface area contributed by atoms with Gasteiger partial charge in [0.1, 0.15) is 11.4 Å². The average Bonchev–Trinajstić information content (AvgIpc) is 3.51. The summed E-state index contributed by atoms with van der Waals surface area (Å²) in [6.07, 6.45) is 0.939. The van der Waals surface area contributed by atoms with Gasteiger partial charge in [-0.2, -0.15) is 0 Å². The van der Waals surface area contributed by atoms with Gasteiger partial charge < -0.3 is 30.1 Å². The first-order valence-corrected chi connectivity index (χ1v) is 19.3. The van der Waals surface area contributed by atoms with Crippen LogP contribution in [0.15, 0.2) is 48.5 Å². The number of aliphatic hydroxyl groups excluding tert-OH is 1. The summed E-state index contributed by atoms with van der Waals surface area (Å²) in [5.41, 5.74) is 2.79. The van der Waals surface area contributed by atoms with Crippen molar-refractivity contribution in [2.75, 3.05) is 24.7 Å². The fourth-order valence-corrected chi connectivity index (χ4v) is 6.82. The number of ether oxygens (including phenoxy) is 2. The highest BCUT2D eigenvalue weighted by Crippen LogP contribution is 2.42. The van der Waals surface area contributed by atoms with Crippen molar-refractivity contribution in [2.24, 2.45) is 11.3 Å². The van der Waals surface area contributed by atoms with Gasteiger partial charge in [-0.05, 0) is 78.4 Å². The number of carbonyl (C=O) groups excluding carboxylic acids is 3. The zero-order valence-corrected chi connectivity index (χ0v) is 34.0. The molecule has 1 atom stereocenters. The lowest BCUT2D eigenvalue weighted by Gasteiger charge is -2.34. The van der Waals surface area contributed by atoms with E-state index in [1.165, 1.54) is 4.68 Å². The monoisotopic (exact) mass is 746 g/mol. The molecule has 12 heteroatoms. The van der Waals surface area contributed by atoms with Crippen LogP contribution in [0.1, 0.15) is 113 Å². The lowest BCUT2D eigenvalue weighted by molar-refractivity contribution is -0.133. The van der Waals surface area contributed by atoms with Gasteiger partial charge >= 0.3 is 0 Å². The second kappa shape index (κ2) is 18.0. The van der Waals surface area contributed by atoms with E-state index < -0.39 is 17.2 Å². The number of hydrogen-bond acceptors (Lipinski definition) is 8. The third-order valence-electron chi connectivity index (χ3n) is 9.73. The van der Waals surface area contributed by atoms with E-state index in [9.17, 15) is 19.5 Å². The number of benzene rings is 2. The number of nitrogens with one attached hydrogen (secondary N) is 2. The van der Waals surface area contributed by atoms with Crippen LogP contribution < -0.4 is 15.5 Å². The summed E-state index contributed by atoms with van der Waals surface area (Å²) < 4.78 is 13.4. The smallest absolute Gasteiger partial charge is 0.227 e. The molecule has 0 saturated heterocycles. The molecule has 3 N–H and O–H groups in total. The van der Waals surface area contributed by atoms with Gasteiger partial charge in [-0.15, -0.1) is 5.10 Å². The van der Waals surface area contributed by atoms with Gasteiger partial charge in [0.25, 0.3) is 0 Å². The van der Waals surface area contributed by atoms with Gasteiger partial charge in [0.15, 0.2) is 6.23 Å². The third-order valence-corrected chi connectivity index (χ3v) is 9.73. The number of para-hydroxylation sites is 1. The van der Waals surface area contributed by atoms with Gasteiger partial charge in [-0.25, -0.2) is 4.68 Å². The number of anilines is 1. The minimum atomic E-state index is -1.06. The van der Waals surface area contributed by atoms with E-state index in [0.29, 0.717) is 54.5 Å². The molecule has 1 aliphatic heterocycles. The molecule has 54 heavy (non-hydrogen) atoms. The Kier molecular flexibility index (Phi) is 14.2. The Hall–Kier alpha value is -4.13.